The monoisotopic (exact) mass is 297 g/mol. The molecule has 1 aliphatic carbocycles. The maximum atomic E-state index is 12.5. The smallest absolute Gasteiger partial charge is 0.335 e. The van der Waals surface area contributed by atoms with Crippen molar-refractivity contribution in [2.45, 2.75) is 50.0 Å². The Hall–Kier alpha value is -1.40. The van der Waals surface area contributed by atoms with Crippen LogP contribution in [0.15, 0.2) is 23.1 Å². The van der Waals surface area contributed by atoms with Crippen LogP contribution >= 0.6 is 0 Å². The molecular weight excluding hydrogens is 278 g/mol. The van der Waals surface area contributed by atoms with Crippen LogP contribution in [0.4, 0.5) is 0 Å². The summed E-state index contributed by atoms with van der Waals surface area (Å²) < 4.78 is 27.7. The fourth-order valence-electron chi connectivity index (χ4n) is 2.61. The second kappa shape index (κ2) is 5.18. The average molecular weight is 297 g/mol. The predicted octanol–water partition coefficient (Wildman–Crippen LogP) is 2.30. The summed E-state index contributed by atoms with van der Waals surface area (Å²) in [6, 6.07) is 4.33. The topological polar surface area (TPSA) is 83.5 Å². The van der Waals surface area contributed by atoms with Crippen molar-refractivity contribution in [3.63, 3.8) is 0 Å². The van der Waals surface area contributed by atoms with Gasteiger partial charge in [-0.05, 0) is 50.3 Å². The molecule has 1 fully saturated rings. The molecule has 1 aromatic carbocycles. The van der Waals surface area contributed by atoms with Crippen LogP contribution in [-0.4, -0.2) is 25.0 Å². The molecule has 1 saturated carbocycles. The zero-order chi connectivity index (χ0) is 15.0. The summed E-state index contributed by atoms with van der Waals surface area (Å²) in [4.78, 5) is 11.1. The third-order valence-corrected chi connectivity index (χ3v) is 5.87. The van der Waals surface area contributed by atoms with Gasteiger partial charge in [-0.15, -0.1) is 0 Å². The maximum absolute atomic E-state index is 12.5. The zero-order valence-corrected chi connectivity index (χ0v) is 12.5. The van der Waals surface area contributed by atoms with Gasteiger partial charge in [-0.25, -0.2) is 17.9 Å². The Bertz CT molecular complexity index is 627. The van der Waals surface area contributed by atoms with Gasteiger partial charge in [0.2, 0.25) is 10.0 Å². The van der Waals surface area contributed by atoms with Gasteiger partial charge in [0.15, 0.2) is 0 Å². The minimum Gasteiger partial charge on any atom is -0.478 e. The lowest BCUT2D eigenvalue weighted by Crippen LogP contribution is -2.52. The quantitative estimate of drug-likeness (QED) is 0.873. The van der Waals surface area contributed by atoms with Crippen molar-refractivity contribution in [2.75, 3.05) is 0 Å². The minimum absolute atomic E-state index is 0.0204. The first-order chi connectivity index (χ1) is 9.31. The van der Waals surface area contributed by atoms with Gasteiger partial charge in [-0.3, -0.25) is 0 Å². The molecule has 0 heterocycles. The van der Waals surface area contributed by atoms with Gasteiger partial charge in [-0.1, -0.05) is 13.0 Å². The Morgan fingerprint density at radius 1 is 1.40 bits per heavy atom. The Kier molecular flexibility index (Phi) is 3.88. The summed E-state index contributed by atoms with van der Waals surface area (Å²) in [6.45, 7) is 3.49. The molecule has 1 aliphatic rings. The van der Waals surface area contributed by atoms with Crippen molar-refractivity contribution in [2.24, 2.45) is 0 Å². The SMILES string of the molecule is CCC1(NS(=O)(=O)c2cccc(C(=O)O)c2C)CCC1. The lowest BCUT2D eigenvalue weighted by Gasteiger charge is -2.41. The fraction of sp³-hybridized carbons (Fsp3) is 0.500. The van der Waals surface area contributed by atoms with E-state index < -0.39 is 16.0 Å². The van der Waals surface area contributed by atoms with E-state index >= 15 is 0 Å². The molecule has 6 heteroatoms. The van der Waals surface area contributed by atoms with Gasteiger partial charge in [-0.2, -0.15) is 0 Å². The van der Waals surface area contributed by atoms with E-state index in [1.807, 2.05) is 6.92 Å². The van der Waals surface area contributed by atoms with Crippen molar-refractivity contribution in [3.8, 4) is 0 Å². The third-order valence-electron chi connectivity index (χ3n) is 4.14. The van der Waals surface area contributed by atoms with Gasteiger partial charge in [0.1, 0.15) is 0 Å². The van der Waals surface area contributed by atoms with E-state index in [9.17, 15) is 13.2 Å². The summed E-state index contributed by atoms with van der Waals surface area (Å²) in [6.07, 6.45) is 3.43. The molecule has 0 radical (unpaired) electrons. The summed E-state index contributed by atoms with van der Waals surface area (Å²) in [7, 11) is -3.69. The molecule has 2 rings (SSSR count). The number of hydrogen-bond donors (Lipinski definition) is 2. The highest BCUT2D eigenvalue weighted by Crippen LogP contribution is 2.36. The minimum atomic E-state index is -3.69. The van der Waals surface area contributed by atoms with E-state index in [0.717, 1.165) is 25.7 Å². The van der Waals surface area contributed by atoms with Crippen LogP contribution in [-0.2, 0) is 10.0 Å². The summed E-state index contributed by atoms with van der Waals surface area (Å²) in [5.74, 6) is -1.12. The Balaban J connectivity index is 2.40. The van der Waals surface area contributed by atoms with Crippen LogP contribution in [0.1, 0.15) is 48.5 Å². The molecule has 0 aliphatic heterocycles. The van der Waals surface area contributed by atoms with E-state index in [-0.39, 0.29) is 21.6 Å². The highest BCUT2D eigenvalue weighted by atomic mass is 32.2. The van der Waals surface area contributed by atoms with Crippen LogP contribution in [0.5, 0.6) is 0 Å². The number of rotatable bonds is 5. The van der Waals surface area contributed by atoms with E-state index in [1.54, 1.807) is 0 Å². The molecule has 2 N–H and O–H groups in total. The summed E-state index contributed by atoms with van der Waals surface area (Å²) in [5, 5.41) is 9.08. The van der Waals surface area contributed by atoms with E-state index in [0.29, 0.717) is 0 Å². The highest BCUT2D eigenvalue weighted by molar-refractivity contribution is 7.89. The van der Waals surface area contributed by atoms with Crippen molar-refractivity contribution in [1.82, 2.24) is 4.72 Å². The number of carboxylic acid groups (broad SMARTS) is 1. The molecule has 0 saturated heterocycles. The Morgan fingerprint density at radius 3 is 2.50 bits per heavy atom. The molecule has 1 aromatic rings. The lowest BCUT2D eigenvalue weighted by molar-refractivity contribution is 0.0696. The van der Waals surface area contributed by atoms with Crippen LogP contribution in [0.25, 0.3) is 0 Å². The molecule has 5 nitrogen and oxygen atoms in total. The maximum Gasteiger partial charge on any atom is 0.335 e. The average Bonchev–Trinajstić information content (AvgIpc) is 2.33. The van der Waals surface area contributed by atoms with Crippen molar-refractivity contribution in [3.05, 3.63) is 29.3 Å². The molecular formula is C14H19NO4S. The number of carboxylic acids is 1. The molecule has 0 bridgehead atoms. The van der Waals surface area contributed by atoms with Gasteiger partial charge in [0.05, 0.1) is 10.5 Å². The van der Waals surface area contributed by atoms with E-state index in [1.165, 1.54) is 25.1 Å². The number of nitrogens with one attached hydrogen (secondary N) is 1. The van der Waals surface area contributed by atoms with Gasteiger partial charge in [0.25, 0.3) is 0 Å². The predicted molar refractivity (Wildman–Crippen MR) is 75.3 cm³/mol. The normalized spacial score (nSPS) is 17.5. The number of benzene rings is 1. The Morgan fingerprint density at radius 2 is 2.05 bits per heavy atom. The highest BCUT2D eigenvalue weighted by Gasteiger charge is 2.39. The van der Waals surface area contributed by atoms with E-state index in [4.69, 9.17) is 5.11 Å². The second-order valence-electron chi connectivity index (χ2n) is 5.33. The first kappa shape index (κ1) is 15.0. The molecule has 20 heavy (non-hydrogen) atoms. The number of carbonyl (C=O) groups is 1. The van der Waals surface area contributed by atoms with Crippen LogP contribution in [0.2, 0.25) is 0 Å². The van der Waals surface area contributed by atoms with Crippen LogP contribution in [0, 0.1) is 6.92 Å². The fourth-order valence-corrected chi connectivity index (χ4v) is 4.41. The van der Waals surface area contributed by atoms with Crippen molar-refractivity contribution < 1.29 is 18.3 Å². The molecule has 0 amide bonds. The summed E-state index contributed by atoms with van der Waals surface area (Å²) >= 11 is 0. The van der Waals surface area contributed by atoms with E-state index in [2.05, 4.69) is 4.72 Å². The first-order valence-corrected chi connectivity index (χ1v) is 8.16. The molecule has 0 spiro atoms. The standard InChI is InChI=1S/C14H19NO4S/c1-3-14(8-5-9-14)15-20(18,19)12-7-4-6-11(10(12)2)13(16)17/h4,6-7,15H,3,5,8-9H2,1-2H3,(H,16,17). The number of sulfonamides is 1. The van der Waals surface area contributed by atoms with Crippen LogP contribution in [0.3, 0.4) is 0 Å². The second-order valence-corrected chi connectivity index (χ2v) is 6.98. The molecule has 110 valence electrons. The number of hydrogen-bond acceptors (Lipinski definition) is 3. The van der Waals surface area contributed by atoms with Crippen molar-refractivity contribution >= 4 is 16.0 Å². The molecule has 0 unspecified atom stereocenters. The summed E-state index contributed by atoms with van der Waals surface area (Å²) in [5.41, 5.74) is -0.0602. The Labute approximate surface area is 119 Å². The van der Waals surface area contributed by atoms with Gasteiger partial charge in [0, 0.05) is 5.54 Å². The number of aromatic carboxylic acids is 1. The zero-order valence-electron chi connectivity index (χ0n) is 11.6. The molecule has 0 aromatic heterocycles. The first-order valence-electron chi connectivity index (χ1n) is 6.68. The lowest BCUT2D eigenvalue weighted by atomic mass is 9.76. The van der Waals surface area contributed by atoms with Crippen LogP contribution < -0.4 is 4.72 Å². The van der Waals surface area contributed by atoms with Gasteiger partial charge >= 0.3 is 5.97 Å². The third kappa shape index (κ3) is 2.58. The van der Waals surface area contributed by atoms with Crippen molar-refractivity contribution in [1.29, 1.82) is 0 Å². The molecule has 0 atom stereocenters. The van der Waals surface area contributed by atoms with Gasteiger partial charge < -0.3 is 5.11 Å². The largest absolute Gasteiger partial charge is 0.478 e.